The Bertz CT molecular complexity index is 688. The van der Waals surface area contributed by atoms with Crippen LogP contribution in [0.25, 0.3) is 11.1 Å². The van der Waals surface area contributed by atoms with E-state index in [-0.39, 0.29) is 12.3 Å². The Labute approximate surface area is 115 Å². The van der Waals surface area contributed by atoms with Crippen molar-refractivity contribution in [2.75, 3.05) is 13.1 Å². The first-order valence-electron chi connectivity index (χ1n) is 6.69. The Hall–Kier alpha value is -2.08. The van der Waals surface area contributed by atoms with E-state index >= 15 is 0 Å². The third-order valence-electron chi connectivity index (χ3n) is 3.64. The smallest absolute Gasteiger partial charge is 0.408 e. The van der Waals surface area contributed by atoms with Crippen LogP contribution in [-0.4, -0.2) is 39.7 Å². The molecule has 0 saturated carbocycles. The Balaban J connectivity index is 1.72. The number of hydrogen-bond donors (Lipinski definition) is 1. The zero-order valence-corrected chi connectivity index (χ0v) is 11.0. The van der Waals surface area contributed by atoms with Crippen molar-refractivity contribution in [1.29, 1.82) is 0 Å². The number of aliphatic hydroxyl groups excluding tert-OH is 1. The first-order chi connectivity index (χ1) is 9.65. The maximum Gasteiger partial charge on any atom is 0.419 e. The lowest BCUT2D eigenvalue weighted by molar-refractivity contribution is -0.130. The van der Waals surface area contributed by atoms with Gasteiger partial charge in [0.1, 0.15) is 0 Å². The molecular weight excluding hydrogens is 260 g/mol. The minimum Gasteiger partial charge on any atom is -0.408 e. The van der Waals surface area contributed by atoms with Crippen molar-refractivity contribution < 1.29 is 14.3 Å². The molecule has 6 heteroatoms. The van der Waals surface area contributed by atoms with E-state index in [0.717, 1.165) is 0 Å². The predicted octanol–water partition coefficient (Wildman–Crippen LogP) is 0.578. The fraction of sp³-hybridized carbons (Fsp3) is 0.429. The number of carbonyl (C=O) groups is 1. The first-order valence-corrected chi connectivity index (χ1v) is 6.69. The van der Waals surface area contributed by atoms with E-state index in [2.05, 4.69) is 0 Å². The van der Waals surface area contributed by atoms with Crippen LogP contribution in [0, 0.1) is 0 Å². The average Bonchev–Trinajstić information content (AvgIpc) is 2.99. The van der Waals surface area contributed by atoms with Gasteiger partial charge >= 0.3 is 5.76 Å². The van der Waals surface area contributed by atoms with E-state index in [1.807, 2.05) is 6.07 Å². The maximum atomic E-state index is 12.0. The van der Waals surface area contributed by atoms with Gasteiger partial charge in [-0.15, -0.1) is 0 Å². The molecular formula is C14H16N2O4. The number of aliphatic hydroxyl groups is 1. The lowest BCUT2D eigenvalue weighted by Crippen LogP contribution is -2.31. The van der Waals surface area contributed by atoms with Crippen LogP contribution < -0.4 is 5.76 Å². The SMILES string of the molecule is O=C(CCn1c(=O)oc2ccccc21)N1CC[C@@H](O)C1. The van der Waals surface area contributed by atoms with Crippen LogP contribution in [0.15, 0.2) is 33.5 Å². The summed E-state index contributed by atoms with van der Waals surface area (Å²) in [4.78, 5) is 25.4. The van der Waals surface area contributed by atoms with Crippen molar-refractivity contribution >= 4 is 17.0 Å². The Kier molecular flexibility index (Phi) is 3.31. The van der Waals surface area contributed by atoms with Crippen molar-refractivity contribution in [1.82, 2.24) is 9.47 Å². The summed E-state index contributed by atoms with van der Waals surface area (Å²) in [7, 11) is 0. The highest BCUT2D eigenvalue weighted by atomic mass is 16.4. The molecule has 1 aliphatic heterocycles. The number of β-amino-alcohol motifs (C(OH)–C–C–N with tert-alkyl or cyclic N) is 1. The van der Waals surface area contributed by atoms with Gasteiger partial charge in [-0.05, 0) is 18.6 Å². The van der Waals surface area contributed by atoms with E-state index < -0.39 is 11.9 Å². The summed E-state index contributed by atoms with van der Waals surface area (Å²) in [6.07, 6.45) is 0.438. The third kappa shape index (κ3) is 2.34. The number of oxazole rings is 1. The van der Waals surface area contributed by atoms with Gasteiger partial charge in [-0.25, -0.2) is 4.79 Å². The van der Waals surface area contributed by atoms with Gasteiger partial charge in [0, 0.05) is 26.1 Å². The fourth-order valence-corrected chi connectivity index (χ4v) is 2.56. The zero-order chi connectivity index (χ0) is 14.1. The van der Waals surface area contributed by atoms with Gasteiger partial charge in [-0.2, -0.15) is 0 Å². The molecule has 20 heavy (non-hydrogen) atoms. The van der Waals surface area contributed by atoms with E-state index in [1.165, 1.54) is 4.57 Å². The molecule has 1 amide bonds. The zero-order valence-electron chi connectivity index (χ0n) is 11.0. The number of likely N-dealkylation sites (tertiary alicyclic amines) is 1. The van der Waals surface area contributed by atoms with Crippen LogP contribution in [0.4, 0.5) is 0 Å². The summed E-state index contributed by atoms with van der Waals surface area (Å²) in [5, 5.41) is 9.42. The van der Waals surface area contributed by atoms with E-state index in [0.29, 0.717) is 37.2 Å². The molecule has 1 aromatic carbocycles. The third-order valence-corrected chi connectivity index (χ3v) is 3.64. The molecule has 1 aromatic heterocycles. The van der Waals surface area contributed by atoms with Gasteiger partial charge in [0.2, 0.25) is 5.91 Å². The summed E-state index contributed by atoms with van der Waals surface area (Å²) in [6, 6.07) is 7.15. The predicted molar refractivity (Wildman–Crippen MR) is 72.3 cm³/mol. The van der Waals surface area contributed by atoms with Gasteiger partial charge in [-0.1, -0.05) is 12.1 Å². The summed E-state index contributed by atoms with van der Waals surface area (Å²) in [5.74, 6) is -0.487. The molecule has 0 bridgehead atoms. The number of rotatable bonds is 3. The Morgan fingerprint density at radius 1 is 1.40 bits per heavy atom. The van der Waals surface area contributed by atoms with Crippen LogP contribution >= 0.6 is 0 Å². The molecule has 106 valence electrons. The molecule has 3 rings (SSSR count). The number of aromatic nitrogens is 1. The molecule has 0 spiro atoms. The van der Waals surface area contributed by atoms with E-state index in [9.17, 15) is 14.7 Å². The Morgan fingerprint density at radius 3 is 2.95 bits per heavy atom. The van der Waals surface area contributed by atoms with Crippen molar-refractivity contribution in [3.05, 3.63) is 34.8 Å². The number of hydrogen-bond acceptors (Lipinski definition) is 4. The fourth-order valence-electron chi connectivity index (χ4n) is 2.56. The lowest BCUT2D eigenvalue weighted by atomic mass is 10.3. The molecule has 0 unspecified atom stereocenters. The van der Waals surface area contributed by atoms with E-state index in [4.69, 9.17) is 4.42 Å². The number of fused-ring (bicyclic) bond motifs is 1. The minimum atomic E-state index is -0.444. The van der Waals surface area contributed by atoms with Crippen LogP contribution in [0.5, 0.6) is 0 Å². The minimum absolute atomic E-state index is 0.0428. The molecule has 1 N–H and O–H groups in total. The second kappa shape index (κ2) is 5.13. The van der Waals surface area contributed by atoms with Crippen molar-refractivity contribution in [2.45, 2.75) is 25.5 Å². The highest BCUT2D eigenvalue weighted by Crippen LogP contribution is 2.14. The van der Waals surface area contributed by atoms with Crippen LogP contribution in [0.3, 0.4) is 0 Å². The number of nitrogens with zero attached hydrogens (tertiary/aromatic N) is 2. The highest BCUT2D eigenvalue weighted by molar-refractivity contribution is 5.77. The molecule has 0 radical (unpaired) electrons. The molecule has 1 aliphatic rings. The monoisotopic (exact) mass is 276 g/mol. The molecule has 1 atom stereocenters. The summed E-state index contributed by atoms with van der Waals surface area (Å²) >= 11 is 0. The lowest BCUT2D eigenvalue weighted by Gasteiger charge is -2.15. The second-order valence-corrected chi connectivity index (χ2v) is 5.02. The second-order valence-electron chi connectivity index (χ2n) is 5.02. The topological polar surface area (TPSA) is 75.7 Å². The molecule has 1 saturated heterocycles. The average molecular weight is 276 g/mol. The quantitative estimate of drug-likeness (QED) is 0.889. The standard InChI is InChI=1S/C14H16N2O4/c17-10-5-7-15(9-10)13(18)6-8-16-11-3-1-2-4-12(11)20-14(16)19/h1-4,10,17H,5-9H2/t10-/m1/s1. The van der Waals surface area contributed by atoms with Gasteiger partial charge in [0.15, 0.2) is 5.58 Å². The summed E-state index contributed by atoms with van der Waals surface area (Å²) in [6.45, 7) is 1.27. The van der Waals surface area contributed by atoms with Crippen LogP contribution in [0.2, 0.25) is 0 Å². The van der Waals surface area contributed by atoms with Crippen molar-refractivity contribution in [2.24, 2.45) is 0 Å². The molecule has 0 aliphatic carbocycles. The summed E-state index contributed by atoms with van der Waals surface area (Å²) < 4.78 is 6.59. The van der Waals surface area contributed by atoms with Crippen LogP contribution in [0.1, 0.15) is 12.8 Å². The Morgan fingerprint density at radius 2 is 2.20 bits per heavy atom. The molecule has 1 fully saturated rings. The molecule has 2 heterocycles. The van der Waals surface area contributed by atoms with Crippen molar-refractivity contribution in [3.63, 3.8) is 0 Å². The number of carbonyl (C=O) groups excluding carboxylic acids is 1. The molecule has 2 aromatic rings. The van der Waals surface area contributed by atoms with Gasteiger partial charge < -0.3 is 14.4 Å². The maximum absolute atomic E-state index is 12.0. The number of amides is 1. The normalized spacial score (nSPS) is 18.9. The molecule has 6 nitrogen and oxygen atoms in total. The van der Waals surface area contributed by atoms with Gasteiger partial charge in [0.05, 0.1) is 11.6 Å². The summed E-state index contributed by atoms with van der Waals surface area (Å²) in [5.41, 5.74) is 1.23. The number of aryl methyl sites for hydroxylation is 1. The van der Waals surface area contributed by atoms with Gasteiger partial charge in [0.25, 0.3) is 0 Å². The first kappa shape index (κ1) is 12.9. The van der Waals surface area contributed by atoms with Crippen LogP contribution in [-0.2, 0) is 11.3 Å². The number of benzene rings is 1. The van der Waals surface area contributed by atoms with Gasteiger partial charge in [-0.3, -0.25) is 9.36 Å². The van der Waals surface area contributed by atoms with E-state index in [1.54, 1.807) is 23.1 Å². The number of para-hydroxylation sites is 2. The largest absolute Gasteiger partial charge is 0.419 e. The highest BCUT2D eigenvalue weighted by Gasteiger charge is 2.24. The van der Waals surface area contributed by atoms with Crippen molar-refractivity contribution in [3.8, 4) is 0 Å².